The molecule has 0 amide bonds. The van der Waals surface area contributed by atoms with Crippen LogP contribution in [0.25, 0.3) is 0 Å². The molecule has 0 atom stereocenters. The van der Waals surface area contributed by atoms with E-state index in [2.05, 4.69) is 29.1 Å². The van der Waals surface area contributed by atoms with Crippen LogP contribution in [0, 0.1) is 0 Å². The number of guanidine groups is 1. The van der Waals surface area contributed by atoms with E-state index < -0.39 is 0 Å². The van der Waals surface area contributed by atoms with Crippen molar-refractivity contribution in [2.45, 2.75) is 19.4 Å². The van der Waals surface area contributed by atoms with Gasteiger partial charge in [0.15, 0.2) is 5.96 Å². The Morgan fingerprint density at radius 1 is 1.60 bits per heavy atom. The molecule has 0 aromatic heterocycles. The Hall–Kier alpha value is -0.730. The van der Waals surface area contributed by atoms with Crippen molar-refractivity contribution in [1.29, 1.82) is 0 Å². The molecule has 0 bridgehead atoms. The summed E-state index contributed by atoms with van der Waals surface area (Å²) in [6, 6.07) is 0. The van der Waals surface area contributed by atoms with E-state index in [9.17, 15) is 0 Å². The zero-order valence-electron chi connectivity index (χ0n) is 6.52. The van der Waals surface area contributed by atoms with Crippen molar-refractivity contribution in [3.63, 3.8) is 0 Å². The second kappa shape index (κ2) is 1.65. The number of nitrogens with one attached hydrogen (secondary N) is 1. The van der Waals surface area contributed by atoms with Gasteiger partial charge in [-0.1, -0.05) is 0 Å². The Balaban J connectivity index is 2.19. The average Bonchev–Trinajstić information content (AvgIpc) is 2.20. The highest BCUT2D eigenvalue weighted by Gasteiger charge is 2.34. The number of hydrogen-bond acceptors (Lipinski definition) is 3. The molecule has 2 aliphatic heterocycles. The molecule has 1 fully saturated rings. The lowest BCUT2D eigenvalue weighted by Gasteiger charge is -2.16. The summed E-state index contributed by atoms with van der Waals surface area (Å²) in [6.07, 6.45) is 0. The van der Waals surface area contributed by atoms with Crippen LogP contribution in [0.15, 0.2) is 4.99 Å². The first-order chi connectivity index (χ1) is 4.67. The van der Waals surface area contributed by atoms with E-state index in [0.717, 1.165) is 25.6 Å². The summed E-state index contributed by atoms with van der Waals surface area (Å²) in [4.78, 5) is 6.63. The summed E-state index contributed by atoms with van der Waals surface area (Å²) >= 11 is 0. The van der Waals surface area contributed by atoms with E-state index >= 15 is 0 Å². The Morgan fingerprint density at radius 3 is 3.10 bits per heavy atom. The van der Waals surface area contributed by atoms with Crippen molar-refractivity contribution >= 4 is 5.96 Å². The lowest BCUT2D eigenvalue weighted by Crippen LogP contribution is -2.36. The van der Waals surface area contributed by atoms with Gasteiger partial charge in [0, 0.05) is 13.1 Å². The molecular formula is C7H13N3. The molecule has 0 radical (unpaired) electrons. The van der Waals surface area contributed by atoms with Crippen LogP contribution in [0.2, 0.25) is 0 Å². The second-order valence-corrected chi connectivity index (χ2v) is 3.64. The Bertz CT molecular complexity index is 183. The lowest BCUT2D eigenvalue weighted by atomic mass is 10.1. The topological polar surface area (TPSA) is 27.6 Å². The molecule has 1 saturated heterocycles. The van der Waals surface area contributed by atoms with Gasteiger partial charge in [0.25, 0.3) is 0 Å². The number of fused-ring (bicyclic) bond motifs is 1. The molecule has 10 heavy (non-hydrogen) atoms. The quantitative estimate of drug-likeness (QED) is 0.513. The van der Waals surface area contributed by atoms with Gasteiger partial charge in [-0.2, -0.15) is 0 Å². The van der Waals surface area contributed by atoms with E-state index in [1.807, 2.05) is 0 Å². The van der Waals surface area contributed by atoms with Gasteiger partial charge in [-0.25, -0.2) is 0 Å². The van der Waals surface area contributed by atoms with E-state index in [4.69, 9.17) is 0 Å². The minimum absolute atomic E-state index is 0.235. The van der Waals surface area contributed by atoms with Crippen LogP contribution in [-0.4, -0.2) is 36.0 Å². The van der Waals surface area contributed by atoms with Crippen molar-refractivity contribution in [3.8, 4) is 0 Å². The maximum Gasteiger partial charge on any atom is 0.194 e. The molecule has 0 aromatic carbocycles. The third-order valence-corrected chi connectivity index (χ3v) is 1.97. The van der Waals surface area contributed by atoms with Crippen molar-refractivity contribution in [2.75, 3.05) is 19.6 Å². The molecule has 0 aliphatic carbocycles. The summed E-state index contributed by atoms with van der Waals surface area (Å²) in [5.41, 5.74) is 0.235. The van der Waals surface area contributed by atoms with Crippen LogP contribution in [0.3, 0.4) is 0 Å². The average molecular weight is 139 g/mol. The molecule has 0 aromatic rings. The number of aliphatic imine (C=N–C) groups is 1. The van der Waals surface area contributed by atoms with Gasteiger partial charge in [0.2, 0.25) is 0 Å². The molecule has 1 N–H and O–H groups in total. The van der Waals surface area contributed by atoms with Crippen LogP contribution < -0.4 is 5.32 Å². The molecular weight excluding hydrogens is 126 g/mol. The van der Waals surface area contributed by atoms with E-state index in [-0.39, 0.29) is 5.54 Å². The summed E-state index contributed by atoms with van der Waals surface area (Å²) in [6.45, 7) is 7.58. The van der Waals surface area contributed by atoms with Crippen LogP contribution in [-0.2, 0) is 0 Å². The van der Waals surface area contributed by atoms with Crippen molar-refractivity contribution in [2.24, 2.45) is 4.99 Å². The molecule has 0 spiro atoms. The Kier molecular flexibility index (Phi) is 0.993. The van der Waals surface area contributed by atoms with Crippen LogP contribution in [0.4, 0.5) is 0 Å². The normalized spacial score (nSPS) is 27.8. The first-order valence-corrected chi connectivity index (χ1v) is 3.75. The number of nitrogens with zero attached hydrogens (tertiary/aromatic N) is 2. The molecule has 3 nitrogen and oxygen atoms in total. The van der Waals surface area contributed by atoms with Crippen LogP contribution in [0.1, 0.15) is 13.8 Å². The van der Waals surface area contributed by atoms with Gasteiger partial charge < -0.3 is 10.2 Å². The first kappa shape index (κ1) is 6.01. The smallest absolute Gasteiger partial charge is 0.194 e. The molecule has 2 rings (SSSR count). The summed E-state index contributed by atoms with van der Waals surface area (Å²) < 4.78 is 0. The van der Waals surface area contributed by atoms with Crippen molar-refractivity contribution in [3.05, 3.63) is 0 Å². The molecule has 3 heteroatoms. The summed E-state index contributed by atoms with van der Waals surface area (Å²) in [5.74, 6) is 1.10. The van der Waals surface area contributed by atoms with Gasteiger partial charge >= 0.3 is 0 Å². The fourth-order valence-corrected chi connectivity index (χ4v) is 1.57. The lowest BCUT2D eigenvalue weighted by molar-refractivity contribution is 0.394. The van der Waals surface area contributed by atoms with Gasteiger partial charge in [-0.3, -0.25) is 4.99 Å². The third-order valence-electron chi connectivity index (χ3n) is 1.97. The second-order valence-electron chi connectivity index (χ2n) is 3.64. The van der Waals surface area contributed by atoms with Crippen molar-refractivity contribution in [1.82, 2.24) is 10.2 Å². The predicted octanol–water partition coefficient (Wildman–Crippen LogP) is 0.0398. The van der Waals surface area contributed by atoms with Gasteiger partial charge in [-0.15, -0.1) is 0 Å². The SMILES string of the molecule is CC1(C)CN2CCN=C2N1. The van der Waals surface area contributed by atoms with Crippen LogP contribution >= 0.6 is 0 Å². The Labute approximate surface area is 61.1 Å². The summed E-state index contributed by atoms with van der Waals surface area (Å²) in [5, 5.41) is 3.37. The van der Waals surface area contributed by atoms with Crippen molar-refractivity contribution < 1.29 is 0 Å². The third kappa shape index (κ3) is 0.770. The van der Waals surface area contributed by atoms with Gasteiger partial charge in [-0.05, 0) is 13.8 Å². The molecule has 2 heterocycles. The highest BCUT2D eigenvalue weighted by atomic mass is 15.4. The van der Waals surface area contributed by atoms with E-state index in [1.54, 1.807) is 0 Å². The molecule has 2 aliphatic rings. The van der Waals surface area contributed by atoms with Gasteiger partial charge in [0.05, 0.1) is 12.1 Å². The number of rotatable bonds is 0. The molecule has 0 saturated carbocycles. The fourth-order valence-electron chi connectivity index (χ4n) is 1.57. The highest BCUT2D eigenvalue weighted by molar-refractivity contribution is 5.84. The van der Waals surface area contributed by atoms with E-state index in [0.29, 0.717) is 0 Å². The number of hydrogen-bond donors (Lipinski definition) is 1. The molecule has 0 unspecified atom stereocenters. The fraction of sp³-hybridized carbons (Fsp3) is 0.857. The van der Waals surface area contributed by atoms with E-state index in [1.165, 1.54) is 0 Å². The Morgan fingerprint density at radius 2 is 2.40 bits per heavy atom. The zero-order valence-corrected chi connectivity index (χ0v) is 6.52. The standard InChI is InChI=1S/C7H13N3/c1-7(2)5-10-4-3-8-6(10)9-7/h3-5H2,1-2H3,(H,8,9). The largest absolute Gasteiger partial charge is 0.350 e. The minimum Gasteiger partial charge on any atom is -0.350 e. The first-order valence-electron chi connectivity index (χ1n) is 3.75. The van der Waals surface area contributed by atoms with Gasteiger partial charge in [0.1, 0.15) is 0 Å². The minimum atomic E-state index is 0.235. The zero-order chi connectivity index (χ0) is 7.19. The maximum absolute atomic E-state index is 4.32. The summed E-state index contributed by atoms with van der Waals surface area (Å²) in [7, 11) is 0. The maximum atomic E-state index is 4.32. The highest BCUT2D eigenvalue weighted by Crippen LogP contribution is 2.16. The van der Waals surface area contributed by atoms with Crippen LogP contribution in [0.5, 0.6) is 0 Å². The molecule has 56 valence electrons. The monoisotopic (exact) mass is 139 g/mol. The predicted molar refractivity (Wildman–Crippen MR) is 41.1 cm³/mol.